The molecule has 0 aliphatic heterocycles. The van der Waals surface area contributed by atoms with Gasteiger partial charge in [0.2, 0.25) is 0 Å². The van der Waals surface area contributed by atoms with Crippen LogP contribution in [0.2, 0.25) is 0 Å². The van der Waals surface area contributed by atoms with Gasteiger partial charge in [-0.3, -0.25) is 0 Å². The van der Waals surface area contributed by atoms with Crippen molar-refractivity contribution in [2.45, 2.75) is 19.6 Å². The van der Waals surface area contributed by atoms with Crippen molar-refractivity contribution in [3.8, 4) is 17.2 Å². The van der Waals surface area contributed by atoms with Crippen molar-refractivity contribution in [1.29, 1.82) is 0 Å². The van der Waals surface area contributed by atoms with E-state index in [1.165, 1.54) is 5.56 Å². The first kappa shape index (κ1) is 20.7. The van der Waals surface area contributed by atoms with Crippen molar-refractivity contribution in [2.75, 3.05) is 27.8 Å². The fourth-order valence-corrected chi connectivity index (χ4v) is 3.22. The van der Waals surface area contributed by atoms with Crippen LogP contribution in [0.15, 0.2) is 72.8 Å². The Balaban J connectivity index is 1.63. The van der Waals surface area contributed by atoms with E-state index in [0.29, 0.717) is 6.61 Å². The third-order valence-electron chi connectivity index (χ3n) is 4.89. The van der Waals surface area contributed by atoms with Crippen LogP contribution in [0.4, 0.5) is 0 Å². The number of hydrogen-bond donors (Lipinski definition) is 0. The zero-order valence-electron chi connectivity index (χ0n) is 17.4. The fraction of sp³-hybridized carbons (Fsp3) is 0.280. The van der Waals surface area contributed by atoms with Crippen LogP contribution in [-0.2, 0) is 19.6 Å². The van der Waals surface area contributed by atoms with Crippen LogP contribution in [0.3, 0.4) is 0 Å². The Kier molecular flexibility index (Phi) is 7.54. The van der Waals surface area contributed by atoms with Crippen LogP contribution in [0.25, 0.3) is 0 Å². The average Bonchev–Trinajstić information content (AvgIpc) is 2.77. The van der Waals surface area contributed by atoms with Crippen molar-refractivity contribution in [3.63, 3.8) is 0 Å². The van der Waals surface area contributed by atoms with E-state index in [9.17, 15) is 0 Å². The first-order chi connectivity index (χ1) is 14.2. The van der Waals surface area contributed by atoms with Crippen LogP contribution in [-0.4, -0.2) is 32.7 Å². The lowest BCUT2D eigenvalue weighted by molar-refractivity contribution is 0.269. The summed E-state index contributed by atoms with van der Waals surface area (Å²) in [4.78, 5) is 2.30. The summed E-state index contributed by atoms with van der Waals surface area (Å²) in [5.74, 6) is 2.47. The Morgan fingerprint density at radius 2 is 1.52 bits per heavy atom. The van der Waals surface area contributed by atoms with E-state index in [2.05, 4.69) is 42.3 Å². The van der Waals surface area contributed by atoms with Gasteiger partial charge >= 0.3 is 0 Å². The van der Waals surface area contributed by atoms with E-state index >= 15 is 0 Å². The number of para-hydroxylation sites is 1. The summed E-state index contributed by atoms with van der Waals surface area (Å²) in [5.41, 5.74) is 3.55. The van der Waals surface area contributed by atoms with Gasteiger partial charge in [0.25, 0.3) is 0 Å². The summed E-state index contributed by atoms with van der Waals surface area (Å²) in [7, 11) is 5.50. The highest BCUT2D eigenvalue weighted by atomic mass is 16.5. The van der Waals surface area contributed by atoms with Crippen LogP contribution >= 0.6 is 0 Å². The minimum Gasteiger partial charge on any atom is -0.497 e. The molecule has 0 radical (unpaired) electrons. The summed E-state index contributed by atoms with van der Waals surface area (Å²) in [6, 6.07) is 24.5. The number of rotatable bonds is 10. The molecule has 3 aromatic carbocycles. The molecule has 3 rings (SSSR count). The smallest absolute Gasteiger partial charge is 0.166 e. The van der Waals surface area contributed by atoms with Gasteiger partial charge in [0, 0.05) is 18.7 Å². The lowest BCUT2D eigenvalue weighted by Gasteiger charge is -2.20. The molecule has 4 heteroatoms. The molecule has 0 aromatic heterocycles. The predicted octanol–water partition coefficient (Wildman–Crippen LogP) is 4.96. The number of nitrogens with zero attached hydrogens (tertiary/aromatic N) is 1. The summed E-state index contributed by atoms with van der Waals surface area (Å²) in [5, 5.41) is 0. The lowest BCUT2D eigenvalue weighted by atomic mass is 10.1. The molecule has 0 aliphatic rings. The van der Waals surface area contributed by atoms with Crippen LogP contribution in [0.1, 0.15) is 16.7 Å². The van der Waals surface area contributed by atoms with E-state index < -0.39 is 0 Å². The molecule has 0 unspecified atom stereocenters. The predicted molar refractivity (Wildman–Crippen MR) is 117 cm³/mol. The van der Waals surface area contributed by atoms with E-state index in [0.717, 1.165) is 47.9 Å². The Hall–Kier alpha value is -2.98. The number of ether oxygens (including phenoxy) is 3. The second-order valence-corrected chi connectivity index (χ2v) is 7.06. The van der Waals surface area contributed by atoms with Gasteiger partial charge in [0.15, 0.2) is 11.5 Å². The van der Waals surface area contributed by atoms with Gasteiger partial charge < -0.3 is 19.1 Å². The second-order valence-electron chi connectivity index (χ2n) is 7.06. The number of likely N-dealkylation sites (N-methyl/N-ethyl adjacent to an activating group) is 1. The normalized spacial score (nSPS) is 10.8. The molecule has 29 heavy (non-hydrogen) atoms. The quantitative estimate of drug-likeness (QED) is 0.489. The highest BCUT2D eigenvalue weighted by Crippen LogP contribution is 2.32. The van der Waals surface area contributed by atoms with Crippen molar-refractivity contribution >= 4 is 0 Å². The van der Waals surface area contributed by atoms with Crippen LogP contribution < -0.4 is 14.2 Å². The Labute approximate surface area is 173 Å². The van der Waals surface area contributed by atoms with E-state index in [1.807, 2.05) is 42.5 Å². The third kappa shape index (κ3) is 6.00. The van der Waals surface area contributed by atoms with Gasteiger partial charge in [0.1, 0.15) is 12.4 Å². The zero-order chi connectivity index (χ0) is 20.5. The summed E-state index contributed by atoms with van der Waals surface area (Å²) >= 11 is 0. The molecule has 0 amide bonds. The molecule has 0 bridgehead atoms. The molecule has 0 aliphatic carbocycles. The largest absolute Gasteiger partial charge is 0.497 e. The lowest BCUT2D eigenvalue weighted by Crippen LogP contribution is -2.21. The molecule has 152 valence electrons. The van der Waals surface area contributed by atoms with E-state index in [1.54, 1.807) is 14.2 Å². The van der Waals surface area contributed by atoms with Crippen molar-refractivity contribution < 1.29 is 14.2 Å². The number of benzene rings is 3. The minimum atomic E-state index is 0.518. The van der Waals surface area contributed by atoms with Gasteiger partial charge in [-0.15, -0.1) is 0 Å². The molecule has 0 saturated carbocycles. The second kappa shape index (κ2) is 10.5. The van der Waals surface area contributed by atoms with Crippen molar-refractivity contribution in [1.82, 2.24) is 4.90 Å². The molecule has 0 spiro atoms. The van der Waals surface area contributed by atoms with E-state index in [4.69, 9.17) is 14.2 Å². The summed E-state index contributed by atoms with van der Waals surface area (Å²) in [6.07, 6.45) is 0.977. The highest BCUT2D eigenvalue weighted by Gasteiger charge is 2.13. The molecule has 0 heterocycles. The Bertz CT molecular complexity index is 878. The molecule has 0 N–H and O–H groups in total. The highest BCUT2D eigenvalue weighted by molar-refractivity contribution is 5.46. The van der Waals surface area contributed by atoms with Gasteiger partial charge in [-0.1, -0.05) is 54.6 Å². The Morgan fingerprint density at radius 3 is 2.21 bits per heavy atom. The van der Waals surface area contributed by atoms with Gasteiger partial charge in [-0.2, -0.15) is 0 Å². The topological polar surface area (TPSA) is 30.9 Å². The standard InChI is InChI=1S/C25H29NO3/c1-26(17-16-20-12-14-23(27-2)15-13-20)18-22-10-7-11-24(28-3)25(22)29-19-21-8-5-4-6-9-21/h4-15H,16-19H2,1-3H3. The van der Waals surface area contributed by atoms with Crippen molar-refractivity contribution in [3.05, 3.63) is 89.5 Å². The maximum absolute atomic E-state index is 6.17. The molecular formula is C25H29NO3. The third-order valence-corrected chi connectivity index (χ3v) is 4.89. The van der Waals surface area contributed by atoms with Crippen LogP contribution in [0.5, 0.6) is 17.2 Å². The number of hydrogen-bond acceptors (Lipinski definition) is 4. The zero-order valence-corrected chi connectivity index (χ0v) is 17.4. The first-order valence-electron chi connectivity index (χ1n) is 9.83. The number of methoxy groups -OCH3 is 2. The fourth-order valence-electron chi connectivity index (χ4n) is 3.22. The summed E-state index contributed by atoms with van der Waals surface area (Å²) in [6.45, 7) is 2.25. The monoisotopic (exact) mass is 391 g/mol. The van der Waals surface area contributed by atoms with Gasteiger partial charge in [0.05, 0.1) is 14.2 Å². The average molecular weight is 392 g/mol. The molecular weight excluding hydrogens is 362 g/mol. The molecule has 0 fully saturated rings. The van der Waals surface area contributed by atoms with Crippen molar-refractivity contribution in [2.24, 2.45) is 0 Å². The minimum absolute atomic E-state index is 0.518. The molecule has 0 atom stereocenters. The van der Waals surface area contributed by atoms with Crippen LogP contribution in [0, 0.1) is 0 Å². The maximum atomic E-state index is 6.17. The SMILES string of the molecule is COc1ccc(CCN(C)Cc2cccc(OC)c2OCc2ccccc2)cc1. The summed E-state index contributed by atoms with van der Waals surface area (Å²) < 4.78 is 16.9. The molecule has 4 nitrogen and oxygen atoms in total. The van der Waals surface area contributed by atoms with Gasteiger partial charge in [-0.25, -0.2) is 0 Å². The van der Waals surface area contributed by atoms with E-state index in [-0.39, 0.29) is 0 Å². The molecule has 0 saturated heterocycles. The van der Waals surface area contributed by atoms with Gasteiger partial charge in [-0.05, 0) is 42.8 Å². The molecule has 3 aromatic rings. The Morgan fingerprint density at radius 1 is 0.759 bits per heavy atom. The maximum Gasteiger partial charge on any atom is 0.166 e. The first-order valence-corrected chi connectivity index (χ1v) is 9.83.